The van der Waals surface area contributed by atoms with Gasteiger partial charge in [0.15, 0.2) is 0 Å². The van der Waals surface area contributed by atoms with E-state index < -0.39 is 17.9 Å². The van der Waals surface area contributed by atoms with Gasteiger partial charge >= 0.3 is 5.97 Å². The van der Waals surface area contributed by atoms with Crippen LogP contribution in [0.1, 0.15) is 16.8 Å². The summed E-state index contributed by atoms with van der Waals surface area (Å²) in [5, 5.41) is 9.07. The molecule has 1 saturated heterocycles. The molecule has 0 radical (unpaired) electrons. The van der Waals surface area contributed by atoms with E-state index in [9.17, 15) is 9.59 Å². The summed E-state index contributed by atoms with van der Waals surface area (Å²) in [6.07, 6.45) is 1.28. The van der Waals surface area contributed by atoms with E-state index >= 15 is 0 Å². The van der Waals surface area contributed by atoms with Gasteiger partial charge in [-0.15, -0.1) is 0 Å². The van der Waals surface area contributed by atoms with Crippen molar-refractivity contribution < 1.29 is 23.8 Å². The highest BCUT2D eigenvalue weighted by Gasteiger charge is 2.40. The van der Waals surface area contributed by atoms with Crippen LogP contribution >= 0.6 is 11.6 Å². The normalized spacial score (nSPS) is 23.3. The summed E-state index contributed by atoms with van der Waals surface area (Å²) in [7, 11) is 1.49. The van der Waals surface area contributed by atoms with Gasteiger partial charge in [-0.05, 0) is 17.7 Å². The number of nitrogens with zero attached hydrogens (tertiary/aromatic N) is 1. The minimum Gasteiger partial charge on any atom is -0.480 e. The van der Waals surface area contributed by atoms with Crippen LogP contribution in [0.2, 0.25) is 5.22 Å². The number of carbonyl (C=O) groups excluding carboxylic acids is 1. The third-order valence-electron chi connectivity index (χ3n) is 2.99. The smallest absolute Gasteiger partial charge is 0.326 e. The van der Waals surface area contributed by atoms with Gasteiger partial charge in [0.2, 0.25) is 5.22 Å². The number of carboxylic acid groups (broad SMARTS) is 1. The standard InChI is InChI=1S/C11H12ClNO5/c1-17-6-4-8(11(15)16)13(5-6)10(14)7-2-3-18-9(7)12/h2-3,6,8H,4-5H2,1H3,(H,15,16). The average Bonchev–Trinajstić information content (AvgIpc) is 2.93. The second-order valence-corrected chi connectivity index (χ2v) is 4.36. The number of likely N-dealkylation sites (tertiary alicyclic amines) is 1. The Bertz CT molecular complexity index is 472. The zero-order valence-electron chi connectivity index (χ0n) is 9.63. The van der Waals surface area contributed by atoms with Gasteiger partial charge in [0.05, 0.1) is 17.9 Å². The molecule has 0 aliphatic carbocycles. The lowest BCUT2D eigenvalue weighted by atomic mass is 10.2. The van der Waals surface area contributed by atoms with Crippen LogP contribution in [0.15, 0.2) is 16.7 Å². The number of rotatable bonds is 3. The topological polar surface area (TPSA) is 80.0 Å². The Hall–Kier alpha value is -1.53. The van der Waals surface area contributed by atoms with Crippen LogP contribution in [0.4, 0.5) is 0 Å². The number of methoxy groups -OCH3 is 1. The quantitative estimate of drug-likeness (QED) is 0.896. The van der Waals surface area contributed by atoms with Crippen molar-refractivity contribution in [3.63, 3.8) is 0 Å². The molecule has 1 aliphatic rings. The maximum atomic E-state index is 12.2. The molecule has 1 aliphatic heterocycles. The zero-order chi connectivity index (χ0) is 13.3. The van der Waals surface area contributed by atoms with Crippen molar-refractivity contribution in [2.75, 3.05) is 13.7 Å². The van der Waals surface area contributed by atoms with Crippen molar-refractivity contribution in [1.29, 1.82) is 0 Å². The van der Waals surface area contributed by atoms with Crippen molar-refractivity contribution in [1.82, 2.24) is 4.90 Å². The van der Waals surface area contributed by atoms with E-state index in [2.05, 4.69) is 0 Å². The van der Waals surface area contributed by atoms with E-state index in [1.54, 1.807) is 0 Å². The second-order valence-electron chi connectivity index (χ2n) is 4.01. The first-order valence-corrected chi connectivity index (χ1v) is 5.72. The predicted molar refractivity (Wildman–Crippen MR) is 61.6 cm³/mol. The number of amides is 1. The molecule has 2 atom stereocenters. The molecule has 2 heterocycles. The minimum atomic E-state index is -1.05. The summed E-state index contributed by atoms with van der Waals surface area (Å²) >= 11 is 5.72. The van der Waals surface area contributed by atoms with Crippen LogP contribution in [0.3, 0.4) is 0 Å². The maximum Gasteiger partial charge on any atom is 0.326 e. The Labute approximate surface area is 108 Å². The Morgan fingerprint density at radius 1 is 1.61 bits per heavy atom. The number of ether oxygens (including phenoxy) is 1. The van der Waals surface area contributed by atoms with E-state index in [0.717, 1.165) is 0 Å². The number of hydrogen-bond acceptors (Lipinski definition) is 4. The van der Waals surface area contributed by atoms with Crippen LogP contribution in [0.25, 0.3) is 0 Å². The van der Waals surface area contributed by atoms with E-state index in [0.29, 0.717) is 0 Å². The maximum absolute atomic E-state index is 12.2. The molecule has 1 aromatic rings. The molecule has 6 nitrogen and oxygen atoms in total. The SMILES string of the molecule is COC1CC(C(=O)O)N(C(=O)c2ccoc2Cl)C1. The molecule has 1 amide bonds. The van der Waals surface area contributed by atoms with Crippen molar-refractivity contribution in [2.45, 2.75) is 18.6 Å². The number of carboxylic acids is 1. The molecule has 2 unspecified atom stereocenters. The van der Waals surface area contributed by atoms with Crippen LogP contribution in [-0.4, -0.2) is 47.7 Å². The number of aliphatic carboxylic acids is 1. The van der Waals surface area contributed by atoms with Crippen LogP contribution in [-0.2, 0) is 9.53 Å². The Balaban J connectivity index is 2.23. The Kier molecular flexibility index (Phi) is 3.58. The molecule has 1 aromatic heterocycles. The monoisotopic (exact) mass is 273 g/mol. The molecule has 0 saturated carbocycles. The van der Waals surface area contributed by atoms with Gasteiger partial charge in [0.1, 0.15) is 6.04 Å². The zero-order valence-corrected chi connectivity index (χ0v) is 10.4. The molecule has 1 fully saturated rings. The van der Waals surface area contributed by atoms with Gasteiger partial charge in [0.25, 0.3) is 5.91 Å². The summed E-state index contributed by atoms with van der Waals surface area (Å²) in [5.74, 6) is -1.51. The average molecular weight is 274 g/mol. The molecule has 98 valence electrons. The van der Waals surface area contributed by atoms with E-state index in [-0.39, 0.29) is 29.9 Å². The summed E-state index contributed by atoms with van der Waals surface area (Å²) in [6.45, 7) is 0.230. The lowest BCUT2D eigenvalue weighted by molar-refractivity contribution is -0.141. The van der Waals surface area contributed by atoms with Crippen LogP contribution in [0.5, 0.6) is 0 Å². The summed E-state index contributed by atoms with van der Waals surface area (Å²) in [6, 6.07) is 0.525. The molecular formula is C11H12ClNO5. The predicted octanol–water partition coefficient (Wildman–Crippen LogP) is 1.25. The molecule has 1 N–H and O–H groups in total. The molecule has 0 spiro atoms. The first-order valence-electron chi connectivity index (χ1n) is 5.34. The number of hydrogen-bond donors (Lipinski definition) is 1. The van der Waals surface area contributed by atoms with Gasteiger partial charge in [0, 0.05) is 20.1 Å². The summed E-state index contributed by atoms with van der Waals surface area (Å²) in [5.41, 5.74) is 0.166. The third kappa shape index (κ3) is 2.21. The molecular weight excluding hydrogens is 262 g/mol. The second kappa shape index (κ2) is 4.99. The number of halogens is 1. The number of carbonyl (C=O) groups is 2. The fourth-order valence-electron chi connectivity index (χ4n) is 2.03. The van der Waals surface area contributed by atoms with Crippen LogP contribution in [0, 0.1) is 0 Å². The van der Waals surface area contributed by atoms with Crippen molar-refractivity contribution in [3.05, 3.63) is 23.1 Å². The highest BCUT2D eigenvalue weighted by Crippen LogP contribution is 2.25. The fourth-order valence-corrected chi connectivity index (χ4v) is 2.22. The summed E-state index contributed by atoms with van der Waals surface area (Å²) in [4.78, 5) is 24.5. The number of furan rings is 1. The summed E-state index contributed by atoms with van der Waals surface area (Å²) < 4.78 is 9.94. The van der Waals surface area contributed by atoms with Crippen molar-refractivity contribution in [3.8, 4) is 0 Å². The van der Waals surface area contributed by atoms with Crippen molar-refractivity contribution >= 4 is 23.5 Å². The van der Waals surface area contributed by atoms with Gasteiger partial charge in [-0.25, -0.2) is 4.79 Å². The lowest BCUT2D eigenvalue weighted by Crippen LogP contribution is -2.40. The largest absolute Gasteiger partial charge is 0.480 e. The van der Waals surface area contributed by atoms with Gasteiger partial charge < -0.3 is 19.2 Å². The fraction of sp³-hybridized carbons (Fsp3) is 0.455. The van der Waals surface area contributed by atoms with E-state index in [1.807, 2.05) is 0 Å². The molecule has 18 heavy (non-hydrogen) atoms. The molecule has 7 heteroatoms. The van der Waals surface area contributed by atoms with Gasteiger partial charge in [-0.3, -0.25) is 4.79 Å². The first-order chi connectivity index (χ1) is 8.54. The van der Waals surface area contributed by atoms with Gasteiger partial charge in [-0.2, -0.15) is 0 Å². The van der Waals surface area contributed by atoms with Gasteiger partial charge in [-0.1, -0.05) is 0 Å². The van der Waals surface area contributed by atoms with E-state index in [4.69, 9.17) is 25.9 Å². The first kappa shape index (κ1) is 12.9. The molecule has 2 rings (SSSR count). The minimum absolute atomic E-state index is 0.0370. The highest BCUT2D eigenvalue weighted by atomic mass is 35.5. The molecule has 0 aromatic carbocycles. The lowest BCUT2D eigenvalue weighted by Gasteiger charge is -2.20. The molecule has 0 bridgehead atoms. The Morgan fingerprint density at radius 2 is 2.33 bits per heavy atom. The third-order valence-corrected chi connectivity index (χ3v) is 3.28. The van der Waals surface area contributed by atoms with E-state index in [1.165, 1.54) is 24.3 Å². The highest BCUT2D eigenvalue weighted by molar-refractivity contribution is 6.32. The van der Waals surface area contributed by atoms with Crippen LogP contribution < -0.4 is 0 Å². The Morgan fingerprint density at radius 3 is 2.83 bits per heavy atom. The van der Waals surface area contributed by atoms with Crippen molar-refractivity contribution in [2.24, 2.45) is 0 Å².